The number of rotatable bonds is 4. The van der Waals surface area contributed by atoms with Gasteiger partial charge in [-0.05, 0) is 35.9 Å². The monoisotopic (exact) mass is 307 g/mol. The summed E-state index contributed by atoms with van der Waals surface area (Å²) in [5.74, 6) is 0. The number of hydrogen-bond acceptors (Lipinski definition) is 4. The van der Waals surface area contributed by atoms with Gasteiger partial charge in [-0.15, -0.1) is 0 Å². The molecule has 0 fully saturated rings. The van der Waals surface area contributed by atoms with E-state index >= 15 is 0 Å². The largest absolute Gasteiger partial charge is 0.417 e. The Morgan fingerprint density at radius 3 is 2.50 bits per heavy atom. The van der Waals surface area contributed by atoms with Gasteiger partial charge in [-0.2, -0.15) is 18.4 Å². The highest BCUT2D eigenvalue weighted by Crippen LogP contribution is 2.33. The molecule has 1 unspecified atom stereocenters. The molecule has 0 aliphatic rings. The van der Waals surface area contributed by atoms with Gasteiger partial charge in [-0.3, -0.25) is 4.98 Å². The van der Waals surface area contributed by atoms with E-state index < -0.39 is 23.4 Å². The summed E-state index contributed by atoms with van der Waals surface area (Å²) in [6.45, 7) is 0.0975. The minimum absolute atomic E-state index is 0.0975. The third-order valence-electron chi connectivity index (χ3n) is 3.04. The van der Waals surface area contributed by atoms with Gasteiger partial charge in [-0.1, -0.05) is 0 Å². The second-order valence-corrected chi connectivity index (χ2v) is 4.55. The summed E-state index contributed by atoms with van der Waals surface area (Å²) in [5.41, 5.74) is -0.473. The molecule has 0 aliphatic heterocycles. The Morgan fingerprint density at radius 1 is 1.23 bits per heavy atom. The van der Waals surface area contributed by atoms with E-state index in [0.29, 0.717) is 11.3 Å². The van der Waals surface area contributed by atoms with E-state index in [1.54, 1.807) is 12.1 Å². The fourth-order valence-corrected chi connectivity index (χ4v) is 1.91. The molecule has 2 N–H and O–H groups in total. The van der Waals surface area contributed by atoms with Crippen molar-refractivity contribution >= 4 is 5.69 Å². The normalized spacial score (nSPS) is 12.5. The standard InChI is InChI=1S/C15H12F3N3O/c16-15(17,18)13-2-1-12(7-11(13)8-19)21-9-14(22)10-3-5-20-6-4-10/h1-7,14,21-22H,9H2. The molecule has 2 rings (SSSR count). The van der Waals surface area contributed by atoms with Gasteiger partial charge in [0.1, 0.15) is 0 Å². The van der Waals surface area contributed by atoms with E-state index in [0.717, 1.165) is 12.1 Å². The van der Waals surface area contributed by atoms with Crippen LogP contribution < -0.4 is 5.32 Å². The van der Waals surface area contributed by atoms with Gasteiger partial charge in [0.25, 0.3) is 0 Å². The molecule has 2 aromatic rings. The van der Waals surface area contributed by atoms with Gasteiger partial charge in [-0.25, -0.2) is 0 Å². The van der Waals surface area contributed by atoms with Crippen LogP contribution in [0.3, 0.4) is 0 Å². The van der Waals surface area contributed by atoms with Crippen molar-refractivity contribution in [2.24, 2.45) is 0 Å². The number of alkyl halides is 3. The molecule has 7 heteroatoms. The van der Waals surface area contributed by atoms with Crippen LogP contribution in [0.25, 0.3) is 0 Å². The van der Waals surface area contributed by atoms with Gasteiger partial charge in [0.2, 0.25) is 0 Å². The van der Waals surface area contributed by atoms with E-state index in [-0.39, 0.29) is 6.54 Å². The SMILES string of the molecule is N#Cc1cc(NCC(O)c2ccncc2)ccc1C(F)(F)F. The second kappa shape index (κ2) is 6.45. The molecule has 1 aromatic heterocycles. The first-order valence-corrected chi connectivity index (χ1v) is 6.35. The third kappa shape index (κ3) is 3.74. The van der Waals surface area contributed by atoms with Gasteiger partial charge in [0, 0.05) is 24.6 Å². The molecule has 1 aromatic carbocycles. The van der Waals surface area contributed by atoms with Gasteiger partial charge in [0.15, 0.2) is 0 Å². The van der Waals surface area contributed by atoms with Gasteiger partial charge >= 0.3 is 6.18 Å². The maximum atomic E-state index is 12.7. The number of anilines is 1. The van der Waals surface area contributed by atoms with Gasteiger partial charge in [0.05, 0.1) is 23.3 Å². The van der Waals surface area contributed by atoms with Crippen LogP contribution in [0.15, 0.2) is 42.7 Å². The van der Waals surface area contributed by atoms with Crippen LogP contribution in [-0.4, -0.2) is 16.6 Å². The molecule has 1 atom stereocenters. The number of benzene rings is 1. The number of nitrogens with one attached hydrogen (secondary N) is 1. The van der Waals surface area contributed by atoms with E-state index in [2.05, 4.69) is 10.3 Å². The Hall–Kier alpha value is -2.59. The Balaban J connectivity index is 2.10. The summed E-state index contributed by atoms with van der Waals surface area (Å²) in [6.07, 6.45) is -2.34. The predicted octanol–water partition coefficient (Wildman–Crippen LogP) is 3.12. The molecule has 0 spiro atoms. The van der Waals surface area contributed by atoms with Crippen LogP contribution in [0, 0.1) is 11.3 Å². The van der Waals surface area contributed by atoms with Crippen LogP contribution in [0.5, 0.6) is 0 Å². The number of aromatic nitrogens is 1. The Bertz CT molecular complexity index is 681. The van der Waals surface area contributed by atoms with Crippen molar-refractivity contribution in [1.82, 2.24) is 4.98 Å². The van der Waals surface area contributed by atoms with Crippen LogP contribution in [0.4, 0.5) is 18.9 Å². The summed E-state index contributed by atoms with van der Waals surface area (Å²) in [7, 11) is 0. The molecule has 4 nitrogen and oxygen atoms in total. The molecule has 0 amide bonds. The lowest BCUT2D eigenvalue weighted by Crippen LogP contribution is -2.13. The van der Waals surface area contributed by atoms with Gasteiger partial charge < -0.3 is 10.4 Å². The third-order valence-corrected chi connectivity index (χ3v) is 3.04. The minimum Gasteiger partial charge on any atom is -0.387 e. The van der Waals surface area contributed by atoms with E-state index in [1.807, 2.05) is 0 Å². The number of hydrogen-bond donors (Lipinski definition) is 2. The molecule has 22 heavy (non-hydrogen) atoms. The lowest BCUT2D eigenvalue weighted by molar-refractivity contribution is -0.137. The minimum atomic E-state index is -4.57. The smallest absolute Gasteiger partial charge is 0.387 e. The Morgan fingerprint density at radius 2 is 1.91 bits per heavy atom. The van der Waals surface area contributed by atoms with E-state index in [4.69, 9.17) is 5.26 Å². The van der Waals surface area contributed by atoms with Crippen molar-refractivity contribution in [3.8, 4) is 6.07 Å². The topological polar surface area (TPSA) is 68.9 Å². The first-order valence-electron chi connectivity index (χ1n) is 6.35. The Kier molecular flexibility index (Phi) is 4.63. The number of aliphatic hydroxyl groups is 1. The lowest BCUT2D eigenvalue weighted by Gasteiger charge is -2.14. The van der Waals surface area contributed by atoms with Crippen molar-refractivity contribution in [2.75, 3.05) is 11.9 Å². The van der Waals surface area contributed by atoms with Crippen molar-refractivity contribution in [3.63, 3.8) is 0 Å². The fraction of sp³-hybridized carbons (Fsp3) is 0.200. The molecular weight excluding hydrogens is 295 g/mol. The molecule has 0 saturated carbocycles. The summed E-state index contributed by atoms with van der Waals surface area (Å²) >= 11 is 0. The Labute approximate surface area is 124 Å². The van der Waals surface area contributed by atoms with E-state index in [9.17, 15) is 18.3 Å². The fourth-order valence-electron chi connectivity index (χ4n) is 1.91. The summed E-state index contributed by atoms with van der Waals surface area (Å²) in [5, 5.41) is 21.6. The van der Waals surface area contributed by atoms with Crippen molar-refractivity contribution < 1.29 is 18.3 Å². The first-order chi connectivity index (χ1) is 10.4. The number of nitriles is 1. The zero-order valence-electron chi connectivity index (χ0n) is 11.3. The predicted molar refractivity (Wildman–Crippen MR) is 73.8 cm³/mol. The van der Waals surface area contributed by atoms with Crippen LogP contribution >= 0.6 is 0 Å². The highest BCUT2D eigenvalue weighted by Gasteiger charge is 2.33. The average molecular weight is 307 g/mol. The maximum absolute atomic E-state index is 12.7. The maximum Gasteiger partial charge on any atom is 0.417 e. The van der Waals surface area contributed by atoms with Crippen molar-refractivity contribution in [2.45, 2.75) is 12.3 Å². The van der Waals surface area contributed by atoms with Crippen LogP contribution in [-0.2, 0) is 6.18 Å². The summed E-state index contributed by atoms with van der Waals surface area (Å²) < 4.78 is 38.1. The quantitative estimate of drug-likeness (QED) is 0.910. The lowest BCUT2D eigenvalue weighted by atomic mass is 10.1. The van der Waals surface area contributed by atoms with Crippen LogP contribution in [0.2, 0.25) is 0 Å². The zero-order chi connectivity index (χ0) is 16.2. The number of aliphatic hydroxyl groups excluding tert-OH is 1. The summed E-state index contributed by atoms with van der Waals surface area (Å²) in [4.78, 5) is 3.83. The highest BCUT2D eigenvalue weighted by atomic mass is 19.4. The number of halogens is 3. The highest BCUT2D eigenvalue weighted by molar-refractivity contribution is 5.53. The molecular formula is C15H12F3N3O. The first kappa shape index (κ1) is 15.8. The van der Waals surface area contributed by atoms with Crippen molar-refractivity contribution in [3.05, 3.63) is 59.4 Å². The van der Waals surface area contributed by atoms with E-state index in [1.165, 1.54) is 24.5 Å². The second-order valence-electron chi connectivity index (χ2n) is 4.55. The summed E-state index contributed by atoms with van der Waals surface area (Å²) in [6, 6.07) is 7.99. The van der Waals surface area contributed by atoms with Crippen LogP contribution in [0.1, 0.15) is 22.8 Å². The zero-order valence-corrected chi connectivity index (χ0v) is 11.3. The average Bonchev–Trinajstić information content (AvgIpc) is 2.52. The molecule has 1 heterocycles. The number of nitrogens with zero attached hydrogens (tertiary/aromatic N) is 2. The molecule has 114 valence electrons. The molecule has 0 saturated heterocycles. The molecule has 0 radical (unpaired) electrons. The molecule has 0 bridgehead atoms. The number of pyridine rings is 1. The van der Waals surface area contributed by atoms with Crippen molar-refractivity contribution in [1.29, 1.82) is 5.26 Å². The molecule has 0 aliphatic carbocycles.